The molecule has 1 aliphatic rings. The highest BCUT2D eigenvalue weighted by Gasteiger charge is 2.16. The van der Waals surface area contributed by atoms with Crippen LogP contribution in [0.3, 0.4) is 0 Å². The molecule has 1 aromatic rings. The fourth-order valence-corrected chi connectivity index (χ4v) is 2.12. The highest BCUT2D eigenvalue weighted by molar-refractivity contribution is 5.27. The van der Waals surface area contributed by atoms with Gasteiger partial charge in [0, 0.05) is 6.20 Å². The molecular formula is C12H18N2O. The van der Waals surface area contributed by atoms with E-state index in [9.17, 15) is 0 Å². The lowest BCUT2D eigenvalue weighted by Gasteiger charge is -2.22. The van der Waals surface area contributed by atoms with Crippen molar-refractivity contribution < 1.29 is 4.74 Å². The molecule has 0 amide bonds. The number of nitrogens with one attached hydrogen (secondary N) is 1. The van der Waals surface area contributed by atoms with Gasteiger partial charge in [-0.1, -0.05) is 0 Å². The van der Waals surface area contributed by atoms with Crippen molar-refractivity contribution in [1.29, 1.82) is 0 Å². The summed E-state index contributed by atoms with van der Waals surface area (Å²) >= 11 is 0. The van der Waals surface area contributed by atoms with Crippen LogP contribution < -0.4 is 10.1 Å². The van der Waals surface area contributed by atoms with Crippen LogP contribution in [0.5, 0.6) is 5.75 Å². The average Bonchev–Trinajstić information content (AvgIpc) is 2.31. The molecule has 0 aliphatic carbocycles. The number of ether oxygens (including phenoxy) is 1. The maximum Gasteiger partial charge on any atom is 0.140 e. The molecule has 0 aromatic carbocycles. The van der Waals surface area contributed by atoms with Crippen molar-refractivity contribution in [3.63, 3.8) is 0 Å². The van der Waals surface area contributed by atoms with E-state index < -0.39 is 0 Å². The first kappa shape index (κ1) is 10.4. The second-order valence-electron chi connectivity index (χ2n) is 4.05. The van der Waals surface area contributed by atoms with E-state index in [4.69, 9.17) is 4.74 Å². The van der Waals surface area contributed by atoms with Gasteiger partial charge in [0.05, 0.1) is 12.8 Å². The van der Waals surface area contributed by atoms with Crippen LogP contribution in [-0.4, -0.2) is 25.2 Å². The van der Waals surface area contributed by atoms with Crippen LogP contribution in [0.1, 0.15) is 18.5 Å². The van der Waals surface area contributed by atoms with Gasteiger partial charge in [-0.2, -0.15) is 0 Å². The highest BCUT2D eigenvalue weighted by Crippen LogP contribution is 2.22. The molecule has 1 saturated heterocycles. The summed E-state index contributed by atoms with van der Waals surface area (Å²) in [7, 11) is 1.71. The van der Waals surface area contributed by atoms with Crippen LogP contribution in [0.15, 0.2) is 18.3 Å². The second-order valence-corrected chi connectivity index (χ2v) is 4.05. The van der Waals surface area contributed by atoms with Gasteiger partial charge < -0.3 is 10.1 Å². The summed E-state index contributed by atoms with van der Waals surface area (Å²) in [6.07, 6.45) is 5.39. The Hall–Kier alpha value is -1.09. The number of nitrogens with zero attached hydrogens (tertiary/aromatic N) is 1. The smallest absolute Gasteiger partial charge is 0.140 e. The minimum absolute atomic E-state index is 0.759. The predicted molar refractivity (Wildman–Crippen MR) is 60.1 cm³/mol. The van der Waals surface area contributed by atoms with Crippen molar-refractivity contribution in [2.75, 3.05) is 20.2 Å². The molecule has 2 heterocycles. The van der Waals surface area contributed by atoms with Crippen LogP contribution in [0, 0.1) is 5.92 Å². The van der Waals surface area contributed by atoms with E-state index in [2.05, 4.69) is 10.3 Å². The van der Waals surface area contributed by atoms with Gasteiger partial charge in [0.2, 0.25) is 0 Å². The summed E-state index contributed by atoms with van der Waals surface area (Å²) in [6, 6.07) is 3.91. The average molecular weight is 206 g/mol. The molecule has 1 fully saturated rings. The van der Waals surface area contributed by atoms with Crippen molar-refractivity contribution in [3.8, 4) is 5.75 Å². The van der Waals surface area contributed by atoms with Crippen molar-refractivity contribution >= 4 is 0 Å². The maximum absolute atomic E-state index is 5.31. The lowest BCUT2D eigenvalue weighted by atomic mass is 9.93. The number of rotatable bonds is 3. The lowest BCUT2D eigenvalue weighted by Crippen LogP contribution is -2.28. The number of hydrogen-bond donors (Lipinski definition) is 1. The third kappa shape index (κ3) is 2.69. The minimum Gasteiger partial charge on any atom is -0.495 e. The molecule has 0 unspecified atom stereocenters. The third-order valence-corrected chi connectivity index (χ3v) is 3.01. The Morgan fingerprint density at radius 3 is 3.00 bits per heavy atom. The Balaban J connectivity index is 2.02. The van der Waals surface area contributed by atoms with Gasteiger partial charge in [-0.15, -0.1) is 0 Å². The topological polar surface area (TPSA) is 34.1 Å². The number of methoxy groups -OCH3 is 1. The number of hydrogen-bond acceptors (Lipinski definition) is 3. The molecule has 15 heavy (non-hydrogen) atoms. The molecular weight excluding hydrogens is 188 g/mol. The van der Waals surface area contributed by atoms with Gasteiger partial charge in [-0.25, -0.2) is 0 Å². The molecule has 1 N–H and O–H groups in total. The van der Waals surface area contributed by atoms with E-state index in [1.54, 1.807) is 7.11 Å². The Kier molecular flexibility index (Phi) is 3.56. The first-order valence-corrected chi connectivity index (χ1v) is 5.58. The van der Waals surface area contributed by atoms with Crippen molar-refractivity contribution in [3.05, 3.63) is 24.0 Å². The van der Waals surface area contributed by atoms with Gasteiger partial charge >= 0.3 is 0 Å². The van der Waals surface area contributed by atoms with Gasteiger partial charge in [0.15, 0.2) is 0 Å². The molecule has 0 atom stereocenters. The largest absolute Gasteiger partial charge is 0.495 e. The molecule has 3 nitrogen and oxygen atoms in total. The summed E-state index contributed by atoms with van der Waals surface area (Å²) < 4.78 is 5.31. The summed E-state index contributed by atoms with van der Waals surface area (Å²) in [4.78, 5) is 4.40. The Labute approximate surface area is 90.9 Å². The Morgan fingerprint density at radius 2 is 2.27 bits per heavy atom. The maximum atomic E-state index is 5.31. The SMILES string of the molecule is COc1cccnc1CC1CCNCC1. The molecule has 2 rings (SSSR count). The van der Waals surface area contributed by atoms with Crippen LogP contribution >= 0.6 is 0 Å². The number of aromatic nitrogens is 1. The van der Waals surface area contributed by atoms with Gasteiger partial charge in [-0.3, -0.25) is 4.98 Å². The van der Waals surface area contributed by atoms with E-state index in [-0.39, 0.29) is 0 Å². The molecule has 1 aromatic heterocycles. The van der Waals surface area contributed by atoms with E-state index in [1.807, 2.05) is 18.3 Å². The number of pyridine rings is 1. The minimum atomic E-state index is 0.759. The first-order valence-electron chi connectivity index (χ1n) is 5.58. The van der Waals surface area contributed by atoms with Crippen molar-refractivity contribution in [2.24, 2.45) is 5.92 Å². The molecule has 0 spiro atoms. The van der Waals surface area contributed by atoms with E-state index in [0.717, 1.165) is 36.9 Å². The summed E-state index contributed by atoms with van der Waals surface area (Å²) in [5.74, 6) is 1.69. The van der Waals surface area contributed by atoms with E-state index in [1.165, 1.54) is 12.8 Å². The number of piperidine rings is 1. The van der Waals surface area contributed by atoms with Crippen LogP contribution in [0.4, 0.5) is 0 Å². The van der Waals surface area contributed by atoms with Crippen LogP contribution in [0.2, 0.25) is 0 Å². The zero-order chi connectivity index (χ0) is 10.5. The molecule has 82 valence electrons. The second kappa shape index (κ2) is 5.12. The fraction of sp³-hybridized carbons (Fsp3) is 0.583. The third-order valence-electron chi connectivity index (χ3n) is 3.01. The standard InChI is InChI=1S/C12H18N2O/c1-15-12-3-2-6-14-11(12)9-10-4-7-13-8-5-10/h2-3,6,10,13H,4-5,7-9H2,1H3. The van der Waals surface area contributed by atoms with Crippen LogP contribution in [0.25, 0.3) is 0 Å². The quantitative estimate of drug-likeness (QED) is 0.816. The summed E-state index contributed by atoms with van der Waals surface area (Å²) in [6.45, 7) is 2.28. The highest BCUT2D eigenvalue weighted by atomic mass is 16.5. The van der Waals surface area contributed by atoms with Gasteiger partial charge in [0.1, 0.15) is 5.75 Å². The molecule has 0 radical (unpaired) electrons. The Morgan fingerprint density at radius 1 is 1.47 bits per heavy atom. The van der Waals surface area contributed by atoms with Crippen LogP contribution in [-0.2, 0) is 6.42 Å². The zero-order valence-electron chi connectivity index (χ0n) is 9.20. The van der Waals surface area contributed by atoms with Gasteiger partial charge in [0.25, 0.3) is 0 Å². The molecule has 3 heteroatoms. The first-order chi connectivity index (χ1) is 7.40. The molecule has 0 saturated carbocycles. The van der Waals surface area contributed by atoms with Crippen molar-refractivity contribution in [1.82, 2.24) is 10.3 Å². The lowest BCUT2D eigenvalue weighted by molar-refractivity contribution is 0.357. The normalized spacial score (nSPS) is 17.7. The molecule has 1 aliphatic heterocycles. The monoisotopic (exact) mass is 206 g/mol. The van der Waals surface area contributed by atoms with E-state index in [0.29, 0.717) is 0 Å². The fourth-order valence-electron chi connectivity index (χ4n) is 2.12. The van der Waals surface area contributed by atoms with Crippen molar-refractivity contribution in [2.45, 2.75) is 19.3 Å². The Bertz CT molecular complexity index is 308. The summed E-state index contributed by atoms with van der Waals surface area (Å²) in [5.41, 5.74) is 1.10. The summed E-state index contributed by atoms with van der Waals surface area (Å²) in [5, 5.41) is 3.38. The predicted octanol–water partition coefficient (Wildman–Crippen LogP) is 1.63. The molecule has 0 bridgehead atoms. The van der Waals surface area contributed by atoms with Gasteiger partial charge in [-0.05, 0) is 50.4 Å². The zero-order valence-corrected chi connectivity index (χ0v) is 9.20. The van der Waals surface area contributed by atoms with E-state index >= 15 is 0 Å².